The molecule has 0 bridgehead atoms. The summed E-state index contributed by atoms with van der Waals surface area (Å²) >= 11 is 0. The van der Waals surface area contributed by atoms with Crippen LogP contribution < -0.4 is 0 Å². The van der Waals surface area contributed by atoms with E-state index < -0.39 is 27.2 Å². The average Bonchev–Trinajstić information content (AvgIpc) is 2.53. The van der Waals surface area contributed by atoms with E-state index in [4.69, 9.17) is 9.47 Å². The third-order valence-electron chi connectivity index (χ3n) is 3.04. The van der Waals surface area contributed by atoms with Gasteiger partial charge in [0.1, 0.15) is 0 Å². The predicted octanol–water partition coefficient (Wildman–Crippen LogP) is 2.87. The average molecular weight is 326 g/mol. The lowest BCUT2D eigenvalue weighted by Gasteiger charge is -2.05. The third-order valence-corrected chi connectivity index (χ3v) is 3.04. The largest absolute Gasteiger partial charge is 0.462 e. The zero-order chi connectivity index (χ0) is 17.2. The molecule has 0 unspecified atom stereocenters. The van der Waals surface area contributed by atoms with Gasteiger partial charge in [-0.3, -0.25) is 20.2 Å². The van der Waals surface area contributed by atoms with Crippen LogP contribution in [0.3, 0.4) is 0 Å². The van der Waals surface area contributed by atoms with Gasteiger partial charge in [0.05, 0.1) is 28.1 Å². The lowest BCUT2D eigenvalue weighted by atomic mass is 10.1. The number of hydrogen-bond donors (Lipinski definition) is 0. The van der Waals surface area contributed by atoms with Crippen LogP contribution in [0.1, 0.15) is 36.0 Å². The zero-order valence-electron chi connectivity index (χ0n) is 12.7. The van der Waals surface area contributed by atoms with E-state index in [0.717, 1.165) is 37.5 Å². The monoisotopic (exact) mass is 326 g/mol. The molecule has 1 aromatic carbocycles. The fraction of sp³-hybridized carbons (Fsp3) is 0.500. The molecule has 0 aromatic heterocycles. The molecule has 0 saturated heterocycles. The fourth-order valence-electron chi connectivity index (χ4n) is 1.87. The van der Waals surface area contributed by atoms with Crippen molar-refractivity contribution in [1.82, 2.24) is 0 Å². The van der Waals surface area contributed by atoms with Crippen LogP contribution >= 0.6 is 0 Å². The van der Waals surface area contributed by atoms with Crippen LogP contribution in [0, 0.1) is 20.2 Å². The number of carbonyl (C=O) groups excluding carboxylic acids is 1. The Kier molecular flexibility index (Phi) is 7.61. The van der Waals surface area contributed by atoms with Crippen LogP contribution in [-0.2, 0) is 9.47 Å². The highest BCUT2D eigenvalue weighted by atomic mass is 16.6. The maximum atomic E-state index is 11.8. The van der Waals surface area contributed by atoms with Crippen LogP contribution in [0.15, 0.2) is 18.2 Å². The van der Waals surface area contributed by atoms with Crippen molar-refractivity contribution < 1.29 is 24.1 Å². The Morgan fingerprint density at radius 3 is 1.96 bits per heavy atom. The lowest BCUT2D eigenvalue weighted by molar-refractivity contribution is -0.394. The number of nitro groups is 2. The van der Waals surface area contributed by atoms with E-state index in [9.17, 15) is 25.0 Å². The van der Waals surface area contributed by atoms with Crippen LogP contribution in [0.4, 0.5) is 11.4 Å². The van der Waals surface area contributed by atoms with Crippen molar-refractivity contribution >= 4 is 17.3 Å². The van der Waals surface area contributed by atoms with E-state index in [0.29, 0.717) is 13.0 Å². The minimum Gasteiger partial charge on any atom is -0.462 e. The van der Waals surface area contributed by atoms with Crippen molar-refractivity contribution in [3.05, 3.63) is 44.0 Å². The summed E-state index contributed by atoms with van der Waals surface area (Å²) in [6, 6.07) is 2.73. The van der Waals surface area contributed by atoms with Gasteiger partial charge in [0.25, 0.3) is 11.4 Å². The van der Waals surface area contributed by atoms with E-state index in [1.165, 1.54) is 0 Å². The summed E-state index contributed by atoms with van der Waals surface area (Å²) in [6.07, 6.45) is 3.35. The lowest BCUT2D eigenvalue weighted by Crippen LogP contribution is -2.08. The second-order valence-electron chi connectivity index (χ2n) is 4.80. The Morgan fingerprint density at radius 1 is 0.957 bits per heavy atom. The van der Waals surface area contributed by atoms with Gasteiger partial charge in [0, 0.05) is 25.8 Å². The number of nitrogens with zero attached hydrogens (tertiary/aromatic N) is 2. The molecule has 0 aliphatic carbocycles. The number of esters is 1. The van der Waals surface area contributed by atoms with E-state index in [1.54, 1.807) is 7.11 Å². The van der Waals surface area contributed by atoms with Gasteiger partial charge >= 0.3 is 5.97 Å². The van der Waals surface area contributed by atoms with Gasteiger partial charge in [-0.05, 0) is 19.3 Å². The summed E-state index contributed by atoms with van der Waals surface area (Å²) in [4.78, 5) is 31.8. The number of methoxy groups -OCH3 is 1. The Balaban J connectivity index is 2.58. The quantitative estimate of drug-likeness (QED) is 0.280. The van der Waals surface area contributed by atoms with Crippen molar-refractivity contribution in [3.8, 4) is 0 Å². The van der Waals surface area contributed by atoms with Crippen LogP contribution in [0.5, 0.6) is 0 Å². The van der Waals surface area contributed by atoms with Crippen molar-refractivity contribution in [2.24, 2.45) is 0 Å². The van der Waals surface area contributed by atoms with Gasteiger partial charge in [-0.25, -0.2) is 4.79 Å². The third kappa shape index (κ3) is 6.39. The molecule has 9 nitrogen and oxygen atoms in total. The molecule has 0 aliphatic heterocycles. The highest BCUT2D eigenvalue weighted by Gasteiger charge is 2.20. The number of rotatable bonds is 10. The molecule has 126 valence electrons. The normalized spacial score (nSPS) is 10.3. The smallest absolute Gasteiger partial charge is 0.338 e. The standard InChI is InChI=1S/C14H18N2O7/c1-22-6-4-2-3-5-7-23-14(17)11-8-12(15(18)19)10-13(9-11)16(20)21/h8-10H,2-7H2,1H3. The SMILES string of the molecule is COCCCCCCOC(=O)c1cc([N+](=O)[O-])cc([N+](=O)[O-])c1. The highest BCUT2D eigenvalue weighted by Crippen LogP contribution is 2.23. The molecule has 0 atom stereocenters. The molecule has 23 heavy (non-hydrogen) atoms. The molecule has 9 heteroatoms. The predicted molar refractivity (Wildman–Crippen MR) is 80.4 cm³/mol. The number of non-ortho nitro benzene ring substituents is 2. The molecular weight excluding hydrogens is 308 g/mol. The summed E-state index contributed by atoms with van der Waals surface area (Å²) in [7, 11) is 1.63. The first-order valence-electron chi connectivity index (χ1n) is 7.05. The van der Waals surface area contributed by atoms with Gasteiger partial charge in [-0.15, -0.1) is 0 Å². The Bertz CT molecular complexity index is 542. The van der Waals surface area contributed by atoms with Crippen LogP contribution in [0.25, 0.3) is 0 Å². The number of carbonyl (C=O) groups is 1. The minimum atomic E-state index is -0.811. The number of hydrogen-bond acceptors (Lipinski definition) is 7. The van der Waals surface area contributed by atoms with Crippen molar-refractivity contribution in [1.29, 1.82) is 0 Å². The molecule has 1 aromatic rings. The van der Waals surface area contributed by atoms with Crippen LogP contribution in [0.2, 0.25) is 0 Å². The number of ether oxygens (including phenoxy) is 2. The zero-order valence-corrected chi connectivity index (χ0v) is 12.7. The minimum absolute atomic E-state index is 0.155. The van der Waals surface area contributed by atoms with E-state index in [-0.39, 0.29) is 12.2 Å². The second kappa shape index (κ2) is 9.46. The number of unbranched alkanes of at least 4 members (excludes halogenated alkanes) is 3. The fourth-order valence-corrected chi connectivity index (χ4v) is 1.87. The van der Waals surface area contributed by atoms with E-state index in [2.05, 4.69) is 0 Å². The Labute approximate surface area is 132 Å². The van der Waals surface area contributed by atoms with Gasteiger partial charge in [-0.2, -0.15) is 0 Å². The summed E-state index contributed by atoms with van der Waals surface area (Å²) < 4.78 is 9.90. The van der Waals surface area contributed by atoms with Gasteiger partial charge in [0.15, 0.2) is 0 Å². The second-order valence-corrected chi connectivity index (χ2v) is 4.80. The van der Waals surface area contributed by atoms with Crippen molar-refractivity contribution in [2.45, 2.75) is 25.7 Å². The molecule has 0 fully saturated rings. The van der Waals surface area contributed by atoms with Crippen molar-refractivity contribution in [3.63, 3.8) is 0 Å². The molecule has 0 N–H and O–H groups in total. The molecule has 1 rings (SSSR count). The molecule has 0 saturated carbocycles. The summed E-state index contributed by atoms with van der Waals surface area (Å²) in [6.45, 7) is 0.833. The summed E-state index contributed by atoms with van der Waals surface area (Å²) in [5.74, 6) is -0.811. The van der Waals surface area contributed by atoms with Gasteiger partial charge in [-0.1, -0.05) is 6.42 Å². The first-order valence-corrected chi connectivity index (χ1v) is 7.05. The number of benzene rings is 1. The summed E-state index contributed by atoms with van der Waals surface area (Å²) in [5.41, 5.74) is -1.25. The van der Waals surface area contributed by atoms with Gasteiger partial charge < -0.3 is 9.47 Å². The number of nitro benzene ring substituents is 2. The van der Waals surface area contributed by atoms with Crippen LogP contribution in [-0.4, -0.2) is 36.1 Å². The topological polar surface area (TPSA) is 122 Å². The maximum absolute atomic E-state index is 11.8. The highest BCUT2D eigenvalue weighted by molar-refractivity contribution is 5.91. The van der Waals surface area contributed by atoms with Crippen molar-refractivity contribution in [2.75, 3.05) is 20.3 Å². The van der Waals surface area contributed by atoms with E-state index in [1.807, 2.05) is 0 Å². The molecule has 0 spiro atoms. The Hall–Kier alpha value is -2.55. The first kappa shape index (κ1) is 18.5. The van der Waals surface area contributed by atoms with Gasteiger partial charge in [0.2, 0.25) is 0 Å². The summed E-state index contributed by atoms with van der Waals surface area (Å²) in [5, 5.41) is 21.5. The van der Waals surface area contributed by atoms with E-state index >= 15 is 0 Å². The molecular formula is C14H18N2O7. The molecule has 0 heterocycles. The molecule has 0 aliphatic rings. The molecule has 0 radical (unpaired) electrons. The molecule has 0 amide bonds. The Morgan fingerprint density at radius 2 is 1.48 bits per heavy atom. The maximum Gasteiger partial charge on any atom is 0.338 e. The first-order chi connectivity index (χ1) is 11.0.